The lowest BCUT2D eigenvalue weighted by Crippen LogP contribution is -2.51. The molecule has 4 N–H and O–H groups in total. The lowest BCUT2D eigenvalue weighted by Gasteiger charge is -2.29. The quantitative estimate of drug-likeness (QED) is 0.201. The molecule has 2 aliphatic heterocycles. The molecule has 3 aromatic heterocycles. The minimum absolute atomic E-state index is 0.0943. The van der Waals surface area contributed by atoms with Gasteiger partial charge in [0.15, 0.2) is 0 Å². The number of hydrogen-bond donors (Lipinski definition) is 4. The smallest absolute Gasteiger partial charge is 0.407 e. The van der Waals surface area contributed by atoms with Gasteiger partial charge >= 0.3 is 6.09 Å². The van der Waals surface area contributed by atoms with Crippen LogP contribution in [0.4, 0.5) is 4.79 Å². The van der Waals surface area contributed by atoms with Gasteiger partial charge in [0.25, 0.3) is 0 Å². The Morgan fingerprint density at radius 2 is 1.84 bits per heavy atom. The molecule has 0 bridgehead atoms. The van der Waals surface area contributed by atoms with Gasteiger partial charge in [-0.3, -0.25) is 4.79 Å². The first-order valence-electron chi connectivity index (χ1n) is 15.6. The van der Waals surface area contributed by atoms with Crippen LogP contribution in [0.5, 0.6) is 0 Å². The molecule has 0 spiro atoms. The Labute approximate surface area is 260 Å². The standard InChI is InChI=1S/C33H37N9O3/c1-18(2)29(39-33(44)45-3)32(43)42-13-5-7-28(42)31-36-22-11-10-20(16-26(22)37-31)24-14-19-8-9-21(15-25(19)41-40-24)27-17-35-30(38-27)23-6-4-12-34-23/h8-11,14-18,23,28-29,34H,4-7,12-13H2,1-3H3,(H,35,38)(H,36,37)(H,39,44)/t23-,28-,29-/m0/s1. The summed E-state index contributed by atoms with van der Waals surface area (Å²) in [7, 11) is 1.30. The first-order valence-corrected chi connectivity index (χ1v) is 15.6. The zero-order valence-electron chi connectivity index (χ0n) is 25.6. The van der Waals surface area contributed by atoms with E-state index in [1.54, 1.807) is 0 Å². The molecule has 232 valence electrons. The van der Waals surface area contributed by atoms with Gasteiger partial charge in [-0.25, -0.2) is 14.8 Å². The van der Waals surface area contributed by atoms with E-state index in [9.17, 15) is 9.59 Å². The number of methoxy groups -OCH3 is 1. The number of nitrogens with zero attached hydrogens (tertiary/aromatic N) is 5. The number of benzene rings is 2. The van der Waals surface area contributed by atoms with Gasteiger partial charge in [-0.15, -0.1) is 10.2 Å². The van der Waals surface area contributed by atoms with Gasteiger partial charge in [0.05, 0.1) is 53.3 Å². The summed E-state index contributed by atoms with van der Waals surface area (Å²) in [5, 5.41) is 16.3. The van der Waals surface area contributed by atoms with Crippen LogP contribution in [0.15, 0.2) is 48.7 Å². The fourth-order valence-electron chi connectivity index (χ4n) is 6.46. The van der Waals surface area contributed by atoms with Crippen LogP contribution < -0.4 is 10.6 Å². The molecule has 0 radical (unpaired) electrons. The summed E-state index contributed by atoms with van der Waals surface area (Å²) < 4.78 is 4.75. The summed E-state index contributed by atoms with van der Waals surface area (Å²) in [5.41, 5.74) is 6.14. The van der Waals surface area contributed by atoms with E-state index in [-0.39, 0.29) is 23.9 Å². The third-order valence-corrected chi connectivity index (χ3v) is 8.92. The van der Waals surface area contributed by atoms with Crippen molar-refractivity contribution in [2.24, 2.45) is 5.92 Å². The van der Waals surface area contributed by atoms with Crippen molar-refractivity contribution in [2.45, 2.75) is 57.7 Å². The van der Waals surface area contributed by atoms with E-state index in [1.807, 2.05) is 55.3 Å². The maximum absolute atomic E-state index is 13.5. The average Bonchev–Trinajstić information content (AvgIpc) is 3.88. The molecule has 3 atom stereocenters. The monoisotopic (exact) mass is 607 g/mol. The van der Waals surface area contributed by atoms with Gasteiger partial charge in [0.2, 0.25) is 5.91 Å². The number of ether oxygens (including phenoxy) is 1. The molecular weight excluding hydrogens is 570 g/mol. The molecule has 5 heterocycles. The molecule has 2 saturated heterocycles. The van der Waals surface area contributed by atoms with E-state index in [4.69, 9.17) is 9.72 Å². The Morgan fingerprint density at radius 1 is 0.978 bits per heavy atom. The Kier molecular flexibility index (Phi) is 7.66. The number of fused-ring (bicyclic) bond motifs is 2. The summed E-state index contributed by atoms with van der Waals surface area (Å²) in [5.74, 6) is 1.48. The van der Waals surface area contributed by atoms with Crippen molar-refractivity contribution in [3.05, 3.63) is 60.3 Å². The SMILES string of the molecule is COC(=O)N[C@H](C(=O)N1CCC[C@H]1c1nc2ccc(-c3cc4ccc(-c5cnc([C@@H]6CCCN6)[nH]5)cc4nn3)cc2[nH]1)C(C)C. The van der Waals surface area contributed by atoms with E-state index in [2.05, 4.69) is 47.9 Å². The van der Waals surface area contributed by atoms with E-state index in [0.717, 1.165) is 81.9 Å². The Hall–Kier alpha value is -4.84. The third-order valence-electron chi connectivity index (χ3n) is 8.92. The van der Waals surface area contributed by atoms with Crippen molar-refractivity contribution >= 4 is 33.9 Å². The minimum atomic E-state index is -0.678. The van der Waals surface area contributed by atoms with Crippen molar-refractivity contribution in [1.29, 1.82) is 0 Å². The number of amides is 2. The molecule has 5 aromatic rings. The highest BCUT2D eigenvalue weighted by Crippen LogP contribution is 2.34. The zero-order chi connectivity index (χ0) is 31.1. The Morgan fingerprint density at radius 3 is 2.64 bits per heavy atom. The Bertz CT molecular complexity index is 1870. The van der Waals surface area contributed by atoms with Crippen LogP contribution in [-0.2, 0) is 9.53 Å². The van der Waals surface area contributed by atoms with Gasteiger partial charge in [-0.05, 0) is 62.4 Å². The fourth-order valence-corrected chi connectivity index (χ4v) is 6.46. The lowest BCUT2D eigenvalue weighted by molar-refractivity contribution is -0.135. The number of aromatic amines is 2. The molecule has 2 amide bonds. The molecule has 0 aliphatic carbocycles. The highest BCUT2D eigenvalue weighted by atomic mass is 16.5. The molecule has 45 heavy (non-hydrogen) atoms. The van der Waals surface area contributed by atoms with E-state index in [0.29, 0.717) is 6.54 Å². The Balaban J connectivity index is 1.11. The van der Waals surface area contributed by atoms with Gasteiger partial charge in [0.1, 0.15) is 17.7 Å². The van der Waals surface area contributed by atoms with Crippen molar-refractivity contribution in [3.63, 3.8) is 0 Å². The van der Waals surface area contributed by atoms with Gasteiger partial charge in [0, 0.05) is 23.1 Å². The van der Waals surface area contributed by atoms with Gasteiger partial charge < -0.3 is 30.2 Å². The number of rotatable bonds is 7. The number of alkyl carbamates (subject to hydrolysis) is 1. The zero-order valence-corrected chi connectivity index (χ0v) is 25.6. The highest BCUT2D eigenvalue weighted by Gasteiger charge is 2.37. The van der Waals surface area contributed by atoms with Crippen molar-refractivity contribution in [2.75, 3.05) is 20.2 Å². The van der Waals surface area contributed by atoms with Gasteiger partial charge in [-0.1, -0.05) is 32.0 Å². The van der Waals surface area contributed by atoms with Crippen molar-refractivity contribution < 1.29 is 14.3 Å². The summed E-state index contributed by atoms with van der Waals surface area (Å²) in [6, 6.07) is 13.6. The van der Waals surface area contributed by atoms with Crippen LogP contribution >= 0.6 is 0 Å². The number of hydrogen-bond acceptors (Lipinski definition) is 8. The number of likely N-dealkylation sites (tertiary alicyclic amines) is 1. The fraction of sp³-hybridized carbons (Fsp3) is 0.394. The van der Waals surface area contributed by atoms with E-state index >= 15 is 0 Å². The number of nitrogens with one attached hydrogen (secondary N) is 4. The lowest BCUT2D eigenvalue weighted by atomic mass is 10.0. The maximum Gasteiger partial charge on any atom is 0.407 e. The molecule has 0 saturated carbocycles. The molecule has 2 aliphatic rings. The highest BCUT2D eigenvalue weighted by molar-refractivity contribution is 5.88. The molecule has 7 rings (SSSR count). The molecule has 2 fully saturated rings. The largest absolute Gasteiger partial charge is 0.453 e. The van der Waals surface area contributed by atoms with E-state index < -0.39 is 12.1 Å². The van der Waals surface area contributed by atoms with Crippen LogP contribution in [0, 0.1) is 5.92 Å². The van der Waals surface area contributed by atoms with Gasteiger partial charge in [-0.2, -0.15) is 0 Å². The van der Waals surface area contributed by atoms with Crippen LogP contribution in [0.2, 0.25) is 0 Å². The normalized spacial score (nSPS) is 19.1. The molecule has 2 aromatic carbocycles. The number of H-pyrrole nitrogens is 2. The van der Waals surface area contributed by atoms with Crippen LogP contribution in [0.3, 0.4) is 0 Å². The van der Waals surface area contributed by atoms with Crippen LogP contribution in [-0.4, -0.2) is 73.3 Å². The number of carbonyl (C=O) groups is 2. The number of aromatic nitrogens is 6. The molecule has 0 unspecified atom stereocenters. The second kappa shape index (κ2) is 11.9. The van der Waals surface area contributed by atoms with E-state index in [1.165, 1.54) is 13.5 Å². The summed E-state index contributed by atoms with van der Waals surface area (Å²) in [6.45, 7) is 5.44. The van der Waals surface area contributed by atoms with Crippen LogP contribution in [0.1, 0.15) is 63.3 Å². The summed E-state index contributed by atoms with van der Waals surface area (Å²) in [6.07, 6.45) is 5.17. The van der Waals surface area contributed by atoms with Crippen molar-refractivity contribution in [3.8, 4) is 22.5 Å². The predicted molar refractivity (Wildman–Crippen MR) is 170 cm³/mol. The summed E-state index contributed by atoms with van der Waals surface area (Å²) >= 11 is 0. The first-order chi connectivity index (χ1) is 21.9. The minimum Gasteiger partial charge on any atom is -0.453 e. The number of imidazole rings is 2. The maximum atomic E-state index is 13.5. The second-order valence-electron chi connectivity index (χ2n) is 12.2. The molecule has 12 heteroatoms. The summed E-state index contributed by atoms with van der Waals surface area (Å²) in [4.78, 5) is 43.6. The predicted octanol–water partition coefficient (Wildman–Crippen LogP) is 5.03. The van der Waals surface area contributed by atoms with Crippen LogP contribution in [0.25, 0.3) is 44.5 Å². The average molecular weight is 608 g/mol. The first kappa shape index (κ1) is 28.9. The second-order valence-corrected chi connectivity index (χ2v) is 12.2. The third kappa shape index (κ3) is 5.61. The number of carbonyl (C=O) groups excluding carboxylic acids is 2. The topological polar surface area (TPSA) is 154 Å². The molecule has 12 nitrogen and oxygen atoms in total. The molecular formula is C33H37N9O3. The van der Waals surface area contributed by atoms with Crippen molar-refractivity contribution in [1.82, 2.24) is 45.7 Å².